The number of rotatable bonds is 7. The first-order valence-electron chi connectivity index (χ1n) is 17.2. The molecule has 1 saturated heterocycles. The second-order valence-corrected chi connectivity index (χ2v) is 13.2. The lowest BCUT2D eigenvalue weighted by atomic mass is 9.98. The Labute approximate surface area is 286 Å². The number of benzene rings is 1. The zero-order valence-corrected chi connectivity index (χ0v) is 28.4. The van der Waals surface area contributed by atoms with Crippen LogP contribution in [0.3, 0.4) is 0 Å². The van der Waals surface area contributed by atoms with Gasteiger partial charge in [-0.15, -0.1) is 0 Å². The van der Waals surface area contributed by atoms with Crippen LogP contribution in [0.25, 0.3) is 11.2 Å². The molecule has 2 atom stereocenters. The molecule has 1 aliphatic carbocycles. The van der Waals surface area contributed by atoms with E-state index in [0.717, 1.165) is 73.3 Å². The van der Waals surface area contributed by atoms with Gasteiger partial charge in [0.25, 0.3) is 0 Å². The Bertz CT molecular complexity index is 1940. The standard InChI is InChI=1S/C40H43F3N6/c1-4-30-10-7-20-48(21-19-30)27-34-13-15-35(23-37(34)40(41,42)43)45-25-31-22-33(29(3)44-24-31)14-16-36-26-46-39-18-17-38(47-49(36)39)32-11-5-8-28(2)9-6-12-32/h5-6,8,11-13,15,17-18,22-24,26,28,30,45H,4,7,9-10,19-21,25,27H2,1-3H3. The molecule has 2 aliphatic rings. The number of likely N-dealkylation sites (tertiary alicyclic amines) is 1. The lowest BCUT2D eigenvalue weighted by Crippen LogP contribution is -2.26. The Morgan fingerprint density at radius 3 is 2.73 bits per heavy atom. The molecule has 2 unspecified atom stereocenters. The van der Waals surface area contributed by atoms with Crippen molar-refractivity contribution in [1.82, 2.24) is 24.5 Å². The van der Waals surface area contributed by atoms with Crippen LogP contribution < -0.4 is 5.32 Å². The molecule has 1 aromatic carbocycles. The van der Waals surface area contributed by atoms with E-state index >= 15 is 0 Å². The van der Waals surface area contributed by atoms with Crippen molar-refractivity contribution in [2.75, 3.05) is 18.4 Å². The molecule has 4 heterocycles. The van der Waals surface area contributed by atoms with Crippen LogP contribution in [0.15, 0.2) is 79.2 Å². The Kier molecular flexibility index (Phi) is 10.6. The number of nitrogens with one attached hydrogen (secondary N) is 1. The second-order valence-electron chi connectivity index (χ2n) is 13.2. The molecule has 1 aliphatic heterocycles. The van der Waals surface area contributed by atoms with Gasteiger partial charge in [-0.3, -0.25) is 9.88 Å². The Morgan fingerprint density at radius 1 is 1.02 bits per heavy atom. The van der Waals surface area contributed by atoms with Crippen LogP contribution in [0.5, 0.6) is 0 Å². The highest BCUT2D eigenvalue weighted by Gasteiger charge is 2.34. The number of halogens is 3. The lowest BCUT2D eigenvalue weighted by molar-refractivity contribution is -0.138. The highest BCUT2D eigenvalue weighted by Crippen LogP contribution is 2.35. The number of nitrogens with zero attached hydrogens (tertiary/aromatic N) is 5. The molecule has 254 valence electrons. The number of fused-ring (bicyclic) bond motifs is 1. The quantitative estimate of drug-likeness (QED) is 0.200. The summed E-state index contributed by atoms with van der Waals surface area (Å²) in [6, 6.07) is 10.4. The van der Waals surface area contributed by atoms with Gasteiger partial charge in [0.05, 0.1) is 23.1 Å². The van der Waals surface area contributed by atoms with Crippen molar-refractivity contribution in [3.8, 4) is 11.8 Å². The molecule has 9 heteroatoms. The first kappa shape index (κ1) is 34.2. The molecule has 6 rings (SSSR count). The fraction of sp³-hybridized carbons (Fsp3) is 0.375. The topological polar surface area (TPSA) is 58.3 Å². The van der Waals surface area contributed by atoms with Crippen LogP contribution in [0.2, 0.25) is 0 Å². The summed E-state index contributed by atoms with van der Waals surface area (Å²) in [5.41, 5.74) is 5.62. The van der Waals surface area contributed by atoms with Crippen molar-refractivity contribution in [2.45, 2.75) is 72.1 Å². The summed E-state index contributed by atoms with van der Waals surface area (Å²) in [6.07, 6.45) is 14.9. The van der Waals surface area contributed by atoms with E-state index in [1.165, 1.54) is 6.07 Å². The van der Waals surface area contributed by atoms with Crippen LogP contribution in [0.1, 0.15) is 85.3 Å². The largest absolute Gasteiger partial charge is 0.416 e. The van der Waals surface area contributed by atoms with Crippen molar-refractivity contribution in [3.63, 3.8) is 0 Å². The molecule has 1 N–H and O–H groups in total. The highest BCUT2D eigenvalue weighted by molar-refractivity contribution is 5.73. The fourth-order valence-corrected chi connectivity index (χ4v) is 6.43. The van der Waals surface area contributed by atoms with Gasteiger partial charge in [0.2, 0.25) is 0 Å². The van der Waals surface area contributed by atoms with Crippen LogP contribution in [-0.4, -0.2) is 37.6 Å². The molecule has 0 saturated carbocycles. The number of aromatic nitrogens is 4. The smallest absolute Gasteiger partial charge is 0.381 e. The maximum Gasteiger partial charge on any atom is 0.416 e. The van der Waals surface area contributed by atoms with Crippen LogP contribution in [0, 0.1) is 30.6 Å². The van der Waals surface area contributed by atoms with Crippen molar-refractivity contribution in [1.29, 1.82) is 0 Å². The van der Waals surface area contributed by atoms with Crippen LogP contribution in [0.4, 0.5) is 18.9 Å². The van der Waals surface area contributed by atoms with Gasteiger partial charge < -0.3 is 5.32 Å². The van der Waals surface area contributed by atoms with Gasteiger partial charge in [0.15, 0.2) is 5.65 Å². The maximum absolute atomic E-state index is 14.2. The normalized spacial score (nSPS) is 18.7. The van der Waals surface area contributed by atoms with E-state index in [-0.39, 0.29) is 0 Å². The van der Waals surface area contributed by atoms with E-state index in [1.54, 1.807) is 29.0 Å². The summed E-state index contributed by atoms with van der Waals surface area (Å²) < 4.78 is 44.4. The maximum atomic E-state index is 14.2. The predicted molar refractivity (Wildman–Crippen MR) is 190 cm³/mol. The van der Waals surface area contributed by atoms with Gasteiger partial charge in [0.1, 0.15) is 5.69 Å². The third-order valence-electron chi connectivity index (χ3n) is 9.47. The molecule has 0 spiro atoms. The fourth-order valence-electron chi connectivity index (χ4n) is 6.43. The van der Waals surface area contributed by atoms with Gasteiger partial charge in [0, 0.05) is 36.1 Å². The predicted octanol–water partition coefficient (Wildman–Crippen LogP) is 9.01. The molecule has 0 bridgehead atoms. The van der Waals surface area contributed by atoms with E-state index in [1.807, 2.05) is 25.1 Å². The van der Waals surface area contributed by atoms with Crippen molar-refractivity contribution in [2.24, 2.45) is 11.8 Å². The number of hydrogen-bond donors (Lipinski definition) is 1. The molecule has 0 radical (unpaired) electrons. The number of pyridine rings is 1. The Hall–Kier alpha value is -4.68. The average molecular weight is 665 g/mol. The number of hydrogen-bond acceptors (Lipinski definition) is 5. The highest BCUT2D eigenvalue weighted by atomic mass is 19.4. The number of aryl methyl sites for hydroxylation is 1. The van der Waals surface area contributed by atoms with Crippen molar-refractivity contribution in [3.05, 3.63) is 119 Å². The molecule has 1 fully saturated rings. The summed E-state index contributed by atoms with van der Waals surface area (Å²) in [7, 11) is 0. The molecule has 0 amide bonds. The van der Waals surface area contributed by atoms with Gasteiger partial charge in [-0.25, -0.2) is 9.50 Å². The van der Waals surface area contributed by atoms with E-state index in [2.05, 4.69) is 76.3 Å². The molecule has 6 nitrogen and oxygen atoms in total. The summed E-state index contributed by atoms with van der Waals surface area (Å²) in [5.74, 6) is 7.58. The van der Waals surface area contributed by atoms with Crippen LogP contribution >= 0.6 is 0 Å². The number of alkyl halides is 3. The van der Waals surface area contributed by atoms with Crippen molar-refractivity contribution >= 4 is 16.9 Å². The SMILES string of the molecule is CCC1CCCN(Cc2ccc(NCc3cnc(C)c(C#Cc4cnc5ccc(C6=CC=CC(C)CC=C6)nn45)c3)cc2C(F)(F)F)CC1. The molecular weight excluding hydrogens is 621 g/mol. The van der Waals surface area contributed by atoms with Gasteiger partial charge in [-0.1, -0.05) is 62.6 Å². The lowest BCUT2D eigenvalue weighted by Gasteiger charge is -2.23. The Balaban J connectivity index is 1.17. The summed E-state index contributed by atoms with van der Waals surface area (Å²) in [5, 5.41) is 8.00. The second kappa shape index (κ2) is 15.3. The minimum Gasteiger partial charge on any atom is -0.381 e. The third-order valence-corrected chi connectivity index (χ3v) is 9.47. The number of imidazole rings is 1. The summed E-state index contributed by atoms with van der Waals surface area (Å²) >= 11 is 0. The first-order chi connectivity index (χ1) is 23.7. The monoisotopic (exact) mass is 664 g/mol. The molecular formula is C40H43F3N6. The van der Waals surface area contributed by atoms with Gasteiger partial charge >= 0.3 is 6.18 Å². The van der Waals surface area contributed by atoms with E-state index in [4.69, 9.17) is 5.10 Å². The third kappa shape index (κ3) is 8.68. The van der Waals surface area contributed by atoms with Crippen LogP contribution in [-0.2, 0) is 19.3 Å². The molecule has 3 aromatic heterocycles. The van der Waals surface area contributed by atoms with Crippen molar-refractivity contribution < 1.29 is 13.2 Å². The minimum absolute atomic E-state index is 0.305. The van der Waals surface area contributed by atoms with E-state index in [9.17, 15) is 13.2 Å². The average Bonchev–Trinajstić information content (AvgIpc) is 3.34. The zero-order valence-electron chi connectivity index (χ0n) is 28.4. The zero-order chi connectivity index (χ0) is 34.4. The summed E-state index contributed by atoms with van der Waals surface area (Å²) in [6.45, 7) is 8.55. The number of allylic oxidation sites excluding steroid dienone is 6. The van der Waals surface area contributed by atoms with Gasteiger partial charge in [-0.2, -0.15) is 18.3 Å². The number of anilines is 1. The van der Waals surface area contributed by atoms with E-state index < -0.39 is 11.7 Å². The first-order valence-corrected chi connectivity index (χ1v) is 17.2. The molecule has 4 aromatic rings. The van der Waals surface area contributed by atoms with Gasteiger partial charge in [-0.05, 0) is 105 Å². The summed E-state index contributed by atoms with van der Waals surface area (Å²) in [4.78, 5) is 11.2. The minimum atomic E-state index is -4.44. The molecule has 49 heavy (non-hydrogen) atoms. The Morgan fingerprint density at radius 2 is 1.90 bits per heavy atom. The van der Waals surface area contributed by atoms with E-state index in [0.29, 0.717) is 47.5 Å².